The van der Waals surface area contributed by atoms with Gasteiger partial charge in [0.1, 0.15) is 29.0 Å². The highest BCUT2D eigenvalue weighted by molar-refractivity contribution is 5.75. The zero-order valence-electron chi connectivity index (χ0n) is 42.4. The molecule has 0 unspecified atom stereocenters. The van der Waals surface area contributed by atoms with Gasteiger partial charge in [0.05, 0.1) is 14.2 Å². The van der Waals surface area contributed by atoms with E-state index >= 15 is 0 Å². The van der Waals surface area contributed by atoms with Gasteiger partial charge in [-0.3, -0.25) is 9.69 Å². The first-order chi connectivity index (χ1) is 33.0. The van der Waals surface area contributed by atoms with Crippen molar-refractivity contribution in [3.05, 3.63) is 108 Å². The van der Waals surface area contributed by atoms with Crippen LogP contribution < -0.4 is 24.3 Å². The minimum Gasteiger partial charge on any atom is -0.493 e. The number of hydrogen-bond donors (Lipinski definition) is 1. The van der Waals surface area contributed by atoms with Gasteiger partial charge in [0, 0.05) is 38.3 Å². The fourth-order valence-electron chi connectivity index (χ4n) is 9.40. The molecule has 4 aromatic carbocycles. The summed E-state index contributed by atoms with van der Waals surface area (Å²) in [6.07, 6.45) is 9.77. The van der Waals surface area contributed by atoms with Crippen molar-refractivity contribution in [1.82, 2.24) is 20.0 Å². The Hall–Kier alpha value is -5.79. The molecule has 4 fully saturated rings. The quantitative estimate of drug-likeness (QED) is 0.161. The van der Waals surface area contributed by atoms with Crippen molar-refractivity contribution in [3.8, 4) is 34.5 Å². The molecular formula is C56H76N4O9. The normalized spacial score (nSPS) is 17.8. The van der Waals surface area contributed by atoms with E-state index < -0.39 is 5.60 Å². The zero-order chi connectivity index (χ0) is 49.5. The summed E-state index contributed by atoms with van der Waals surface area (Å²) in [4.78, 5) is 41.3. The monoisotopic (exact) mass is 949 g/mol. The van der Waals surface area contributed by atoms with Crippen LogP contribution in [0.15, 0.2) is 97.1 Å². The van der Waals surface area contributed by atoms with E-state index in [1.807, 2.05) is 106 Å². The van der Waals surface area contributed by atoms with Crippen molar-refractivity contribution in [2.45, 2.75) is 111 Å². The summed E-state index contributed by atoms with van der Waals surface area (Å²) in [5.41, 5.74) is 1.86. The molecule has 2 amide bonds. The van der Waals surface area contributed by atoms with Crippen LogP contribution in [0.25, 0.3) is 0 Å². The molecule has 0 bridgehead atoms. The minimum atomic E-state index is -0.437. The van der Waals surface area contributed by atoms with Gasteiger partial charge in [0.2, 0.25) is 0 Å². The average molecular weight is 949 g/mol. The van der Waals surface area contributed by atoms with Gasteiger partial charge in [-0.05, 0) is 184 Å². The molecule has 4 aliphatic heterocycles. The number of para-hydroxylation sites is 4. The second-order valence-corrected chi connectivity index (χ2v) is 20.8. The Bertz CT molecular complexity index is 2250. The van der Waals surface area contributed by atoms with Crippen molar-refractivity contribution in [2.24, 2.45) is 10.8 Å². The Morgan fingerprint density at radius 3 is 1.42 bits per heavy atom. The van der Waals surface area contributed by atoms with E-state index in [1.54, 1.807) is 38.5 Å². The van der Waals surface area contributed by atoms with Crippen molar-refractivity contribution in [2.75, 3.05) is 66.6 Å². The van der Waals surface area contributed by atoms with Crippen LogP contribution >= 0.6 is 0 Å². The summed E-state index contributed by atoms with van der Waals surface area (Å²) in [7, 11) is 3.24. The number of piperidine rings is 4. The van der Waals surface area contributed by atoms with Crippen molar-refractivity contribution in [1.29, 1.82) is 0 Å². The van der Waals surface area contributed by atoms with E-state index in [-0.39, 0.29) is 17.8 Å². The van der Waals surface area contributed by atoms with Crippen LogP contribution in [0.2, 0.25) is 0 Å². The maximum absolute atomic E-state index is 12.4. The number of rotatable bonds is 9. The lowest BCUT2D eigenvalue weighted by Gasteiger charge is -2.46. The molecule has 2 spiro atoms. The minimum absolute atomic E-state index is 0.147. The number of nitrogens with one attached hydrogen (secondary N) is 1. The summed E-state index contributed by atoms with van der Waals surface area (Å²) >= 11 is 0. The van der Waals surface area contributed by atoms with Gasteiger partial charge in [-0.1, -0.05) is 48.5 Å². The molecule has 4 aliphatic rings. The van der Waals surface area contributed by atoms with E-state index in [4.69, 9.17) is 28.4 Å². The molecule has 4 aromatic rings. The van der Waals surface area contributed by atoms with Crippen LogP contribution in [0.3, 0.4) is 0 Å². The molecule has 0 atom stereocenters. The lowest BCUT2D eigenvalue weighted by atomic mass is 9.71. The Morgan fingerprint density at radius 1 is 0.551 bits per heavy atom. The number of amides is 2. The fraction of sp³-hybridized carbons (Fsp3) is 0.518. The molecule has 0 aromatic heterocycles. The van der Waals surface area contributed by atoms with Gasteiger partial charge >= 0.3 is 12.2 Å². The smallest absolute Gasteiger partial charge is 0.410 e. The number of nitrogens with zero attached hydrogens (tertiary/aromatic N) is 3. The number of carbonyl (C=O) groups excluding carboxylic acids is 3. The molecule has 8 rings (SSSR count). The van der Waals surface area contributed by atoms with E-state index in [2.05, 4.69) is 28.4 Å². The molecule has 0 aliphatic carbocycles. The lowest BCUT2D eigenvalue weighted by Crippen LogP contribution is -2.49. The maximum atomic E-state index is 12.4. The van der Waals surface area contributed by atoms with Crippen molar-refractivity contribution in [3.63, 3.8) is 0 Å². The lowest BCUT2D eigenvalue weighted by molar-refractivity contribution is -0.00323. The number of ether oxygens (including phenoxy) is 6. The molecule has 374 valence electrons. The highest BCUT2D eigenvalue weighted by Crippen LogP contribution is 2.43. The summed E-state index contributed by atoms with van der Waals surface area (Å²) < 4.78 is 33.3. The molecule has 4 saturated heterocycles. The summed E-state index contributed by atoms with van der Waals surface area (Å²) in [5.74, 6) is 4.16. The van der Waals surface area contributed by atoms with Crippen LogP contribution in [0.5, 0.6) is 34.5 Å². The molecule has 4 heterocycles. The van der Waals surface area contributed by atoms with Gasteiger partial charge in [-0.2, -0.15) is 0 Å². The Morgan fingerprint density at radius 2 is 0.971 bits per heavy atom. The largest absolute Gasteiger partial charge is 0.493 e. The van der Waals surface area contributed by atoms with E-state index in [1.165, 1.54) is 31.2 Å². The first-order valence-electron chi connectivity index (χ1n) is 24.6. The van der Waals surface area contributed by atoms with Gasteiger partial charge in [0.15, 0.2) is 23.0 Å². The zero-order valence-corrected chi connectivity index (χ0v) is 42.4. The molecule has 1 N–H and O–H groups in total. The predicted octanol–water partition coefficient (Wildman–Crippen LogP) is 11.8. The second kappa shape index (κ2) is 24.2. The summed E-state index contributed by atoms with van der Waals surface area (Å²) in [6, 6.07) is 30.4. The Labute approximate surface area is 410 Å². The van der Waals surface area contributed by atoms with E-state index in [9.17, 15) is 14.4 Å². The highest BCUT2D eigenvalue weighted by Gasteiger charge is 2.40. The number of likely N-dealkylation sites (tertiary alicyclic amines) is 3. The van der Waals surface area contributed by atoms with Crippen LogP contribution in [-0.2, 0) is 16.0 Å². The molecule has 69 heavy (non-hydrogen) atoms. The molecule has 13 nitrogen and oxygen atoms in total. The number of aldehydes is 1. The molecular weight excluding hydrogens is 873 g/mol. The van der Waals surface area contributed by atoms with Gasteiger partial charge in [-0.15, -0.1) is 0 Å². The molecule has 13 heteroatoms. The molecule has 0 radical (unpaired) electrons. The standard InChI is InChI=1S/C28H38N2O4.C14H26N2O2.C14H12O3/c1-27(2,3)34-26(31)30-18-14-28(15-19-30)12-16-29(17-13-28)21-22-8-7-9-23(20-22)33-25-11-6-5-10-24(25)32-4;1-13(2,3)18-12(17)16-10-6-14(7-11-16)4-8-15-9-5-14;1-16-13-7-2-3-8-14(13)17-12-6-4-5-11(9-12)10-15/h5-11,20H,12-19,21H2,1-4H3;15H,4-11H2,1-3H3;2-10H,1H3. The number of methoxy groups -OCH3 is 2. The summed E-state index contributed by atoms with van der Waals surface area (Å²) in [5, 5.41) is 3.42. The predicted molar refractivity (Wildman–Crippen MR) is 270 cm³/mol. The van der Waals surface area contributed by atoms with Gasteiger partial charge < -0.3 is 43.5 Å². The van der Waals surface area contributed by atoms with Crippen LogP contribution in [0.4, 0.5) is 9.59 Å². The van der Waals surface area contributed by atoms with Gasteiger partial charge in [-0.25, -0.2) is 9.59 Å². The Kier molecular flexibility index (Phi) is 18.4. The van der Waals surface area contributed by atoms with Crippen LogP contribution in [0, 0.1) is 10.8 Å². The number of carbonyl (C=O) groups is 3. The van der Waals surface area contributed by atoms with Crippen LogP contribution in [-0.4, -0.2) is 111 Å². The van der Waals surface area contributed by atoms with E-state index in [0.29, 0.717) is 33.6 Å². The SMILES string of the molecule is CC(C)(C)OC(=O)N1CCC2(CCNCC2)CC1.COc1ccccc1Oc1cccc(C=O)c1.COc1ccccc1Oc1cccc(CN2CCC3(CC2)CCN(C(=O)OC(C)(C)C)CC3)c1. The first kappa shape index (κ1) is 52.6. The average Bonchev–Trinajstić information content (AvgIpc) is 3.33. The molecule has 0 saturated carbocycles. The van der Waals surface area contributed by atoms with Crippen molar-refractivity contribution < 1.29 is 42.8 Å². The van der Waals surface area contributed by atoms with Gasteiger partial charge in [0.25, 0.3) is 0 Å². The fourth-order valence-corrected chi connectivity index (χ4v) is 9.40. The third-order valence-electron chi connectivity index (χ3n) is 13.4. The topological polar surface area (TPSA) is 128 Å². The highest BCUT2D eigenvalue weighted by atomic mass is 16.6. The third kappa shape index (κ3) is 16.1. The maximum Gasteiger partial charge on any atom is 0.410 e. The first-order valence-corrected chi connectivity index (χ1v) is 24.6. The number of benzene rings is 4. The number of hydrogen-bond acceptors (Lipinski definition) is 11. The van der Waals surface area contributed by atoms with Crippen LogP contribution in [0.1, 0.15) is 109 Å². The second-order valence-electron chi connectivity index (χ2n) is 20.8. The summed E-state index contributed by atoms with van der Waals surface area (Å²) in [6.45, 7) is 20.2. The Balaban J connectivity index is 0.000000188. The van der Waals surface area contributed by atoms with Crippen molar-refractivity contribution >= 4 is 18.5 Å². The van der Waals surface area contributed by atoms with E-state index in [0.717, 1.165) is 108 Å². The third-order valence-corrected chi connectivity index (χ3v) is 13.4.